The van der Waals surface area contributed by atoms with Crippen molar-refractivity contribution in [3.05, 3.63) is 59.2 Å². The third-order valence-corrected chi connectivity index (χ3v) is 3.51. The summed E-state index contributed by atoms with van der Waals surface area (Å²) in [4.78, 5) is 13.8. The minimum absolute atomic E-state index is 0.0683. The second-order valence-corrected chi connectivity index (χ2v) is 5.84. The van der Waals surface area contributed by atoms with Crippen LogP contribution in [-0.4, -0.2) is 32.8 Å². The number of aryl methyl sites for hydroxylation is 2. The smallest absolute Gasteiger partial charge is 0.277 e. The third kappa shape index (κ3) is 5.12. The summed E-state index contributed by atoms with van der Waals surface area (Å²) >= 11 is 0. The minimum Gasteiger partial charge on any atom is -0.483 e. The van der Waals surface area contributed by atoms with Crippen LogP contribution in [0.5, 0.6) is 5.75 Å². The molecule has 0 aliphatic heterocycles. The third-order valence-electron chi connectivity index (χ3n) is 3.51. The Labute approximate surface area is 142 Å². The van der Waals surface area contributed by atoms with Crippen molar-refractivity contribution in [2.24, 2.45) is 5.10 Å². The van der Waals surface area contributed by atoms with Gasteiger partial charge in [0.15, 0.2) is 6.61 Å². The van der Waals surface area contributed by atoms with E-state index in [1.54, 1.807) is 6.21 Å². The fourth-order valence-corrected chi connectivity index (χ4v) is 2.08. The number of carbonyl (C=O) groups is 1. The number of benzene rings is 2. The van der Waals surface area contributed by atoms with Crippen molar-refractivity contribution >= 4 is 17.8 Å². The number of hydrazone groups is 1. The number of hydrogen-bond acceptors (Lipinski definition) is 4. The maximum absolute atomic E-state index is 11.8. The summed E-state index contributed by atoms with van der Waals surface area (Å²) in [5.74, 6) is 0.422. The molecule has 5 heteroatoms. The average Bonchev–Trinajstić information content (AvgIpc) is 2.56. The Hall–Kier alpha value is -2.82. The van der Waals surface area contributed by atoms with Crippen LogP contribution in [0.4, 0.5) is 5.69 Å². The average molecular weight is 325 g/mol. The summed E-state index contributed by atoms with van der Waals surface area (Å²) in [7, 11) is 3.97. The van der Waals surface area contributed by atoms with E-state index in [9.17, 15) is 4.79 Å². The van der Waals surface area contributed by atoms with E-state index >= 15 is 0 Å². The molecule has 5 nitrogen and oxygen atoms in total. The Morgan fingerprint density at radius 3 is 2.54 bits per heavy atom. The Balaban J connectivity index is 1.83. The molecular formula is C19H23N3O2. The van der Waals surface area contributed by atoms with Gasteiger partial charge in [-0.2, -0.15) is 5.10 Å². The normalized spacial score (nSPS) is 10.7. The minimum atomic E-state index is -0.294. The lowest BCUT2D eigenvalue weighted by Crippen LogP contribution is -2.24. The first-order chi connectivity index (χ1) is 11.5. The van der Waals surface area contributed by atoms with E-state index < -0.39 is 0 Å². The largest absolute Gasteiger partial charge is 0.483 e. The van der Waals surface area contributed by atoms with Gasteiger partial charge >= 0.3 is 0 Å². The van der Waals surface area contributed by atoms with Gasteiger partial charge in [0.25, 0.3) is 5.91 Å². The maximum atomic E-state index is 11.8. The van der Waals surface area contributed by atoms with Crippen LogP contribution in [0.25, 0.3) is 0 Å². The van der Waals surface area contributed by atoms with Gasteiger partial charge in [-0.05, 0) is 48.7 Å². The van der Waals surface area contributed by atoms with Crippen LogP contribution in [-0.2, 0) is 4.79 Å². The monoisotopic (exact) mass is 325 g/mol. The van der Waals surface area contributed by atoms with Crippen LogP contribution in [0.3, 0.4) is 0 Å². The lowest BCUT2D eigenvalue weighted by molar-refractivity contribution is -0.123. The standard InChI is InChI=1S/C19H23N3O2/c1-14-5-6-15(2)18(11-14)24-13-19(23)21-20-12-16-7-9-17(10-8-16)22(3)4/h5-12H,13H2,1-4H3,(H,21,23)/b20-12-. The van der Waals surface area contributed by atoms with Crippen molar-refractivity contribution in [2.75, 3.05) is 25.6 Å². The highest BCUT2D eigenvalue weighted by Gasteiger charge is 2.04. The second-order valence-electron chi connectivity index (χ2n) is 5.84. The van der Waals surface area contributed by atoms with E-state index in [2.05, 4.69) is 10.5 Å². The zero-order valence-electron chi connectivity index (χ0n) is 14.5. The van der Waals surface area contributed by atoms with Gasteiger partial charge in [-0.1, -0.05) is 24.3 Å². The lowest BCUT2D eigenvalue weighted by atomic mass is 10.1. The first-order valence-electron chi connectivity index (χ1n) is 7.75. The number of anilines is 1. The Morgan fingerprint density at radius 2 is 1.88 bits per heavy atom. The zero-order chi connectivity index (χ0) is 17.5. The molecule has 126 valence electrons. The summed E-state index contributed by atoms with van der Waals surface area (Å²) in [6, 6.07) is 13.8. The van der Waals surface area contributed by atoms with Crippen LogP contribution in [0.2, 0.25) is 0 Å². The first kappa shape index (κ1) is 17.5. The van der Waals surface area contributed by atoms with Gasteiger partial charge in [0.2, 0.25) is 0 Å². The Kier molecular flexibility index (Phi) is 5.95. The number of ether oxygens (including phenoxy) is 1. The van der Waals surface area contributed by atoms with E-state index in [0.717, 1.165) is 22.4 Å². The Morgan fingerprint density at radius 1 is 1.17 bits per heavy atom. The molecule has 1 N–H and O–H groups in total. The van der Waals surface area contributed by atoms with Gasteiger partial charge < -0.3 is 9.64 Å². The molecule has 0 aliphatic carbocycles. The number of amides is 1. The van der Waals surface area contributed by atoms with Crippen molar-refractivity contribution < 1.29 is 9.53 Å². The predicted octanol–water partition coefficient (Wildman–Crippen LogP) is 2.90. The van der Waals surface area contributed by atoms with Gasteiger partial charge in [-0.3, -0.25) is 4.79 Å². The van der Waals surface area contributed by atoms with E-state index in [0.29, 0.717) is 5.75 Å². The summed E-state index contributed by atoms with van der Waals surface area (Å²) in [6.45, 7) is 3.86. The topological polar surface area (TPSA) is 53.9 Å². The molecule has 0 atom stereocenters. The fourth-order valence-electron chi connectivity index (χ4n) is 2.08. The van der Waals surface area contributed by atoms with Gasteiger partial charge in [-0.25, -0.2) is 5.43 Å². The van der Waals surface area contributed by atoms with Crippen molar-refractivity contribution in [3.8, 4) is 5.75 Å². The van der Waals surface area contributed by atoms with Crippen molar-refractivity contribution in [1.82, 2.24) is 5.43 Å². The number of carbonyl (C=O) groups excluding carboxylic acids is 1. The van der Waals surface area contributed by atoms with Crippen molar-refractivity contribution in [3.63, 3.8) is 0 Å². The summed E-state index contributed by atoms with van der Waals surface area (Å²) < 4.78 is 5.53. The molecule has 0 aromatic heterocycles. The number of hydrogen-bond donors (Lipinski definition) is 1. The molecule has 0 bridgehead atoms. The van der Waals surface area contributed by atoms with Gasteiger partial charge in [-0.15, -0.1) is 0 Å². The van der Waals surface area contributed by atoms with Crippen LogP contribution in [0, 0.1) is 13.8 Å². The predicted molar refractivity (Wildman–Crippen MR) is 97.9 cm³/mol. The van der Waals surface area contributed by atoms with Crippen molar-refractivity contribution in [1.29, 1.82) is 0 Å². The fraction of sp³-hybridized carbons (Fsp3) is 0.263. The van der Waals surface area contributed by atoms with Gasteiger partial charge in [0.05, 0.1) is 6.21 Å². The molecular weight excluding hydrogens is 302 g/mol. The van der Waals surface area contributed by atoms with Gasteiger partial charge in [0.1, 0.15) is 5.75 Å². The highest BCUT2D eigenvalue weighted by atomic mass is 16.5. The van der Waals surface area contributed by atoms with E-state index in [1.807, 2.05) is 75.3 Å². The molecule has 2 aromatic rings. The van der Waals surface area contributed by atoms with Crippen molar-refractivity contribution in [2.45, 2.75) is 13.8 Å². The summed E-state index contributed by atoms with van der Waals surface area (Å²) in [5, 5.41) is 3.95. The van der Waals surface area contributed by atoms with Crippen LogP contribution in [0.15, 0.2) is 47.6 Å². The number of nitrogens with one attached hydrogen (secondary N) is 1. The summed E-state index contributed by atoms with van der Waals surface area (Å²) in [6.07, 6.45) is 1.61. The molecule has 0 saturated heterocycles. The van der Waals surface area contributed by atoms with Crippen LogP contribution in [0.1, 0.15) is 16.7 Å². The van der Waals surface area contributed by atoms with Crippen LogP contribution < -0.4 is 15.1 Å². The summed E-state index contributed by atoms with van der Waals surface area (Å²) in [5.41, 5.74) is 6.58. The molecule has 0 saturated carbocycles. The molecule has 0 unspecified atom stereocenters. The lowest BCUT2D eigenvalue weighted by Gasteiger charge is -2.11. The van der Waals surface area contributed by atoms with Crippen LogP contribution >= 0.6 is 0 Å². The van der Waals surface area contributed by atoms with E-state index in [1.165, 1.54) is 0 Å². The van der Waals surface area contributed by atoms with E-state index in [4.69, 9.17) is 4.74 Å². The number of rotatable bonds is 6. The molecule has 2 rings (SSSR count). The zero-order valence-corrected chi connectivity index (χ0v) is 14.5. The molecule has 0 fully saturated rings. The Bertz CT molecular complexity index is 722. The molecule has 0 spiro atoms. The highest BCUT2D eigenvalue weighted by Crippen LogP contribution is 2.18. The molecule has 24 heavy (non-hydrogen) atoms. The first-order valence-corrected chi connectivity index (χ1v) is 7.75. The van der Waals surface area contributed by atoms with E-state index in [-0.39, 0.29) is 12.5 Å². The maximum Gasteiger partial charge on any atom is 0.277 e. The second kappa shape index (κ2) is 8.15. The molecule has 0 heterocycles. The van der Waals surface area contributed by atoms with Gasteiger partial charge in [0, 0.05) is 19.8 Å². The SMILES string of the molecule is Cc1ccc(C)c(OCC(=O)N/N=C\c2ccc(N(C)C)cc2)c1. The molecule has 2 aromatic carbocycles. The molecule has 1 amide bonds. The highest BCUT2D eigenvalue weighted by molar-refractivity contribution is 5.83. The molecule has 0 radical (unpaired) electrons. The molecule has 0 aliphatic rings. The number of nitrogens with zero attached hydrogens (tertiary/aromatic N) is 2. The quantitative estimate of drug-likeness (QED) is 0.656.